The smallest absolute Gasteiger partial charge is 0.264 e. The van der Waals surface area contributed by atoms with Crippen LogP contribution in [0.2, 0.25) is 5.02 Å². The minimum absolute atomic E-state index is 0.0586. The van der Waals surface area contributed by atoms with Crippen molar-refractivity contribution >= 4 is 39.1 Å². The van der Waals surface area contributed by atoms with Gasteiger partial charge in [0.2, 0.25) is 11.8 Å². The van der Waals surface area contributed by atoms with Gasteiger partial charge in [0.05, 0.1) is 10.6 Å². The van der Waals surface area contributed by atoms with Crippen LogP contribution in [0, 0.1) is 20.8 Å². The second kappa shape index (κ2) is 13.7. The maximum Gasteiger partial charge on any atom is 0.264 e. The molecule has 0 aliphatic heterocycles. The number of aryl methyl sites for hydroxylation is 3. The monoisotopic (exact) mass is 609 g/mol. The van der Waals surface area contributed by atoms with Gasteiger partial charge in [-0.2, -0.15) is 0 Å². The summed E-state index contributed by atoms with van der Waals surface area (Å²) in [6.45, 7) is 6.91. The number of nitrogens with zero attached hydrogens (tertiary/aromatic N) is 2. The van der Waals surface area contributed by atoms with Gasteiger partial charge in [0, 0.05) is 17.6 Å². The van der Waals surface area contributed by atoms with Crippen molar-refractivity contribution in [2.24, 2.45) is 0 Å². The first-order chi connectivity index (χ1) is 20.0. The number of halogens is 1. The third-order valence-electron chi connectivity index (χ3n) is 7.80. The van der Waals surface area contributed by atoms with Crippen LogP contribution in [0.15, 0.2) is 71.6 Å². The zero-order valence-electron chi connectivity index (χ0n) is 24.8. The molecule has 3 aromatic carbocycles. The molecule has 224 valence electrons. The van der Waals surface area contributed by atoms with Crippen LogP contribution in [0.4, 0.5) is 5.69 Å². The first kappa shape index (κ1) is 31.6. The van der Waals surface area contributed by atoms with Crippen molar-refractivity contribution in [3.8, 4) is 0 Å². The molecule has 0 heterocycles. The molecule has 1 aliphatic rings. The number of amides is 2. The van der Waals surface area contributed by atoms with Gasteiger partial charge in [-0.25, -0.2) is 8.42 Å². The molecule has 1 fully saturated rings. The van der Waals surface area contributed by atoms with Gasteiger partial charge in [-0.3, -0.25) is 13.9 Å². The number of sulfonamides is 1. The van der Waals surface area contributed by atoms with Crippen molar-refractivity contribution in [2.45, 2.75) is 83.3 Å². The largest absolute Gasteiger partial charge is 0.352 e. The Hall–Kier alpha value is -3.36. The van der Waals surface area contributed by atoms with E-state index in [1.807, 2.05) is 32.9 Å². The Morgan fingerprint density at radius 1 is 0.905 bits per heavy atom. The topological polar surface area (TPSA) is 86.8 Å². The van der Waals surface area contributed by atoms with E-state index < -0.39 is 28.5 Å². The van der Waals surface area contributed by atoms with Crippen LogP contribution >= 0.6 is 11.6 Å². The molecule has 3 aromatic rings. The number of benzene rings is 3. The number of carbonyl (C=O) groups excluding carboxylic acids is 2. The van der Waals surface area contributed by atoms with Crippen LogP contribution in [0.1, 0.15) is 61.3 Å². The first-order valence-corrected chi connectivity index (χ1v) is 16.3. The van der Waals surface area contributed by atoms with E-state index in [9.17, 15) is 18.0 Å². The van der Waals surface area contributed by atoms with Crippen molar-refractivity contribution < 1.29 is 18.0 Å². The molecule has 0 saturated heterocycles. The van der Waals surface area contributed by atoms with Gasteiger partial charge in [-0.1, -0.05) is 72.8 Å². The van der Waals surface area contributed by atoms with Gasteiger partial charge in [-0.15, -0.1) is 0 Å². The van der Waals surface area contributed by atoms with Crippen molar-refractivity contribution in [3.63, 3.8) is 0 Å². The lowest BCUT2D eigenvalue weighted by Gasteiger charge is -2.33. The molecule has 0 aromatic heterocycles. The Morgan fingerprint density at radius 3 is 2.14 bits per heavy atom. The second-order valence-electron chi connectivity index (χ2n) is 11.3. The molecule has 42 heavy (non-hydrogen) atoms. The lowest BCUT2D eigenvalue weighted by Crippen LogP contribution is -2.53. The highest BCUT2D eigenvalue weighted by molar-refractivity contribution is 7.92. The predicted octanol–water partition coefficient (Wildman–Crippen LogP) is 6.33. The van der Waals surface area contributed by atoms with E-state index in [0.29, 0.717) is 16.3 Å². The van der Waals surface area contributed by atoms with Crippen LogP contribution in [-0.4, -0.2) is 43.8 Å². The highest BCUT2D eigenvalue weighted by Crippen LogP contribution is 2.27. The molecule has 4 rings (SSSR count). The van der Waals surface area contributed by atoms with E-state index in [4.69, 9.17) is 11.6 Å². The van der Waals surface area contributed by atoms with Gasteiger partial charge in [0.1, 0.15) is 12.6 Å². The summed E-state index contributed by atoms with van der Waals surface area (Å²) >= 11 is 6.47. The van der Waals surface area contributed by atoms with E-state index in [-0.39, 0.29) is 23.4 Å². The van der Waals surface area contributed by atoms with E-state index in [0.717, 1.165) is 53.1 Å². The van der Waals surface area contributed by atoms with Crippen molar-refractivity contribution in [1.29, 1.82) is 0 Å². The quantitative estimate of drug-likeness (QED) is 0.291. The fourth-order valence-corrected chi connectivity index (χ4v) is 7.02. The zero-order chi connectivity index (χ0) is 30.4. The van der Waals surface area contributed by atoms with E-state index in [1.54, 1.807) is 61.5 Å². The summed E-state index contributed by atoms with van der Waals surface area (Å²) in [5.41, 5.74) is 3.72. The van der Waals surface area contributed by atoms with Crippen molar-refractivity contribution in [2.75, 3.05) is 10.8 Å². The fraction of sp³-hybridized carbons (Fsp3) is 0.394. The van der Waals surface area contributed by atoms with Gasteiger partial charge in [0.25, 0.3) is 10.0 Å². The highest BCUT2D eigenvalue weighted by Gasteiger charge is 2.33. The Bertz CT molecular complexity index is 1500. The standard InChI is InChI=1S/C33H40ClN3O4S/c1-23-14-16-30(17-15-23)42(40,41)37(29-19-24(2)18-25(3)20-29)22-32(38)36(21-27-10-8-9-13-31(27)34)26(4)33(39)35-28-11-6-5-7-12-28/h8-10,13-20,26,28H,5-7,11-12,21-22H2,1-4H3,(H,35,39)/t26-/m1/s1. The molecule has 1 N–H and O–H groups in total. The molecule has 7 nitrogen and oxygen atoms in total. The van der Waals surface area contributed by atoms with Crippen LogP contribution < -0.4 is 9.62 Å². The number of nitrogens with one attached hydrogen (secondary N) is 1. The molecule has 2 amide bonds. The molecule has 1 saturated carbocycles. The Kier molecular flexibility index (Phi) is 10.3. The third kappa shape index (κ3) is 7.72. The molecule has 0 radical (unpaired) electrons. The number of anilines is 1. The summed E-state index contributed by atoms with van der Waals surface area (Å²) < 4.78 is 29.3. The number of hydrogen-bond acceptors (Lipinski definition) is 4. The highest BCUT2D eigenvalue weighted by atomic mass is 35.5. The van der Waals surface area contributed by atoms with Crippen LogP contribution in [0.5, 0.6) is 0 Å². The van der Waals surface area contributed by atoms with Crippen LogP contribution in [-0.2, 0) is 26.2 Å². The third-order valence-corrected chi connectivity index (χ3v) is 9.96. The van der Waals surface area contributed by atoms with Crippen LogP contribution in [0.25, 0.3) is 0 Å². The maximum absolute atomic E-state index is 14.2. The van der Waals surface area contributed by atoms with E-state index in [1.165, 1.54) is 4.90 Å². The number of hydrogen-bond donors (Lipinski definition) is 1. The normalized spacial score (nSPS) is 14.7. The van der Waals surface area contributed by atoms with Gasteiger partial charge >= 0.3 is 0 Å². The average Bonchev–Trinajstić information content (AvgIpc) is 2.95. The molecular weight excluding hydrogens is 570 g/mol. The lowest BCUT2D eigenvalue weighted by atomic mass is 9.95. The molecule has 0 unspecified atom stereocenters. The van der Waals surface area contributed by atoms with Crippen molar-refractivity contribution in [1.82, 2.24) is 10.2 Å². The lowest BCUT2D eigenvalue weighted by molar-refractivity contribution is -0.139. The molecule has 0 bridgehead atoms. The summed E-state index contributed by atoms with van der Waals surface area (Å²) in [6.07, 6.45) is 5.09. The predicted molar refractivity (Wildman–Crippen MR) is 168 cm³/mol. The summed E-state index contributed by atoms with van der Waals surface area (Å²) in [5, 5.41) is 3.58. The SMILES string of the molecule is Cc1ccc(S(=O)(=O)N(CC(=O)N(Cc2ccccc2Cl)[C@H](C)C(=O)NC2CCCCC2)c2cc(C)cc(C)c2)cc1. The molecule has 0 spiro atoms. The second-order valence-corrected chi connectivity index (χ2v) is 13.6. The molecule has 1 aliphatic carbocycles. The summed E-state index contributed by atoms with van der Waals surface area (Å²) in [7, 11) is -4.12. The Labute approximate surface area is 254 Å². The Balaban J connectivity index is 1.71. The summed E-state index contributed by atoms with van der Waals surface area (Å²) in [6, 6.07) is 18.4. The van der Waals surface area contributed by atoms with Gasteiger partial charge < -0.3 is 10.2 Å². The van der Waals surface area contributed by atoms with E-state index >= 15 is 0 Å². The van der Waals surface area contributed by atoms with Gasteiger partial charge in [-0.05, 0) is 87.6 Å². The maximum atomic E-state index is 14.2. The molecule has 1 atom stereocenters. The van der Waals surface area contributed by atoms with E-state index in [2.05, 4.69) is 5.32 Å². The molecule has 9 heteroatoms. The number of rotatable bonds is 10. The fourth-order valence-electron chi connectivity index (χ4n) is 5.42. The van der Waals surface area contributed by atoms with Crippen molar-refractivity contribution in [3.05, 3.63) is 94.0 Å². The first-order valence-electron chi connectivity index (χ1n) is 14.5. The zero-order valence-corrected chi connectivity index (χ0v) is 26.3. The summed E-state index contributed by atoms with van der Waals surface area (Å²) in [5.74, 6) is -0.766. The Morgan fingerprint density at radius 2 is 1.52 bits per heavy atom. The number of carbonyl (C=O) groups is 2. The van der Waals surface area contributed by atoms with Gasteiger partial charge in [0.15, 0.2) is 0 Å². The van der Waals surface area contributed by atoms with Crippen LogP contribution in [0.3, 0.4) is 0 Å². The molecular formula is C33H40ClN3O4S. The minimum atomic E-state index is -4.12. The minimum Gasteiger partial charge on any atom is -0.352 e. The summed E-state index contributed by atoms with van der Waals surface area (Å²) in [4.78, 5) is 29.2. The average molecular weight is 610 g/mol.